The number of rotatable bonds is 7. The summed E-state index contributed by atoms with van der Waals surface area (Å²) in [5.41, 5.74) is 3.00. The highest BCUT2D eigenvalue weighted by molar-refractivity contribution is 7.21. The van der Waals surface area contributed by atoms with Gasteiger partial charge in [0.15, 0.2) is 0 Å². The third kappa shape index (κ3) is 4.21. The van der Waals surface area contributed by atoms with Gasteiger partial charge in [-0.25, -0.2) is 14.8 Å². The Labute approximate surface area is 189 Å². The molecular weight excluding hydrogens is 432 g/mol. The molecule has 0 saturated carbocycles. The second-order valence-corrected chi connectivity index (χ2v) is 9.08. The van der Waals surface area contributed by atoms with E-state index < -0.39 is 5.97 Å². The van der Waals surface area contributed by atoms with Gasteiger partial charge in [-0.1, -0.05) is 30.7 Å². The number of imidazole rings is 1. The van der Waals surface area contributed by atoms with Crippen LogP contribution in [-0.2, 0) is 0 Å². The molecule has 160 valence electrons. The summed E-state index contributed by atoms with van der Waals surface area (Å²) >= 11 is 7.73. The average molecular weight is 455 g/mol. The van der Waals surface area contributed by atoms with E-state index in [9.17, 15) is 9.90 Å². The summed E-state index contributed by atoms with van der Waals surface area (Å²) in [7, 11) is 4.21. The number of hydrogen-bond acceptors (Lipinski definition) is 5. The zero-order valence-electron chi connectivity index (χ0n) is 17.5. The third-order valence-electron chi connectivity index (χ3n) is 5.49. The van der Waals surface area contributed by atoms with Gasteiger partial charge in [0, 0.05) is 24.0 Å². The summed E-state index contributed by atoms with van der Waals surface area (Å²) in [4.78, 5) is 22.5. The summed E-state index contributed by atoms with van der Waals surface area (Å²) < 4.78 is 3.23. The van der Waals surface area contributed by atoms with Crippen molar-refractivity contribution in [3.05, 3.63) is 71.3 Å². The predicted molar refractivity (Wildman–Crippen MR) is 125 cm³/mol. The molecule has 0 spiro atoms. The maximum absolute atomic E-state index is 11.2. The molecule has 4 rings (SSSR count). The highest BCUT2D eigenvalue weighted by Crippen LogP contribution is 2.35. The zero-order valence-corrected chi connectivity index (χ0v) is 19.1. The molecule has 2 unspecified atom stereocenters. The Balaban J connectivity index is 1.76. The van der Waals surface area contributed by atoms with Crippen molar-refractivity contribution in [2.24, 2.45) is 0 Å². The lowest BCUT2D eigenvalue weighted by atomic mass is 9.96. The fourth-order valence-electron chi connectivity index (χ4n) is 3.97. The van der Waals surface area contributed by atoms with Gasteiger partial charge in [-0.05, 0) is 50.3 Å². The molecule has 0 saturated heterocycles. The van der Waals surface area contributed by atoms with E-state index in [4.69, 9.17) is 16.6 Å². The number of likely N-dealkylation sites (N-methyl/N-ethyl adjacent to an activating group) is 1. The minimum Gasteiger partial charge on any atom is -0.478 e. The van der Waals surface area contributed by atoms with Crippen molar-refractivity contribution in [1.29, 1.82) is 0 Å². The van der Waals surface area contributed by atoms with Crippen molar-refractivity contribution in [2.45, 2.75) is 25.4 Å². The van der Waals surface area contributed by atoms with Crippen LogP contribution in [0, 0.1) is 0 Å². The van der Waals surface area contributed by atoms with Gasteiger partial charge >= 0.3 is 5.97 Å². The Kier molecular flexibility index (Phi) is 6.09. The van der Waals surface area contributed by atoms with Gasteiger partial charge in [0.1, 0.15) is 5.01 Å². The van der Waals surface area contributed by atoms with Gasteiger partial charge in [0.05, 0.1) is 33.2 Å². The van der Waals surface area contributed by atoms with Crippen LogP contribution in [0.1, 0.15) is 35.3 Å². The first-order valence-electron chi connectivity index (χ1n) is 9.96. The van der Waals surface area contributed by atoms with Gasteiger partial charge < -0.3 is 14.6 Å². The molecule has 2 atom stereocenters. The Morgan fingerprint density at radius 1 is 1.26 bits per heavy atom. The van der Waals surface area contributed by atoms with Crippen molar-refractivity contribution in [1.82, 2.24) is 19.4 Å². The largest absolute Gasteiger partial charge is 0.478 e. The average Bonchev–Trinajstić information content (AvgIpc) is 3.40. The molecule has 6 nitrogen and oxygen atoms in total. The standard InChI is InChI=1S/C23H23ClN4O2S/c1-4-19(27(2)3)21(28-10-9-25-13-28)14-6-8-18-20(12-14)31-22(26-18)15-5-7-16(23(29)30)17(24)11-15/h5-13,19,21H,4H2,1-3H3,(H,29,30). The Bertz CT molecular complexity index is 1220. The van der Waals surface area contributed by atoms with E-state index in [1.54, 1.807) is 23.5 Å². The monoisotopic (exact) mass is 454 g/mol. The van der Waals surface area contributed by atoms with Crippen LogP contribution in [0.2, 0.25) is 5.02 Å². The molecule has 4 aromatic rings. The van der Waals surface area contributed by atoms with Crippen molar-refractivity contribution < 1.29 is 9.90 Å². The number of hydrogen-bond donors (Lipinski definition) is 1. The first kappa shape index (κ1) is 21.5. The molecule has 0 bridgehead atoms. The first-order chi connectivity index (χ1) is 14.9. The zero-order chi connectivity index (χ0) is 22.1. The van der Waals surface area contributed by atoms with Crippen LogP contribution >= 0.6 is 22.9 Å². The van der Waals surface area contributed by atoms with E-state index in [2.05, 4.69) is 47.6 Å². The number of nitrogens with zero attached hydrogens (tertiary/aromatic N) is 4. The number of fused-ring (bicyclic) bond motifs is 1. The fourth-order valence-corrected chi connectivity index (χ4v) is 5.24. The van der Waals surface area contributed by atoms with Crippen LogP contribution < -0.4 is 0 Å². The number of carboxylic acids is 1. The van der Waals surface area contributed by atoms with Gasteiger partial charge in [-0.2, -0.15) is 0 Å². The summed E-state index contributed by atoms with van der Waals surface area (Å²) in [5, 5.41) is 10.2. The van der Waals surface area contributed by atoms with Crippen LogP contribution in [0.5, 0.6) is 0 Å². The SMILES string of the molecule is CCC(C(c1ccc2nc(-c3ccc(C(=O)O)c(Cl)c3)sc2c1)n1ccnc1)N(C)C. The van der Waals surface area contributed by atoms with E-state index >= 15 is 0 Å². The minimum atomic E-state index is -1.04. The molecule has 0 aliphatic rings. The summed E-state index contributed by atoms with van der Waals surface area (Å²) in [5.74, 6) is -1.04. The van der Waals surface area contributed by atoms with Crippen LogP contribution in [0.3, 0.4) is 0 Å². The molecule has 0 aliphatic carbocycles. The Hall–Kier alpha value is -2.74. The van der Waals surface area contributed by atoms with E-state index in [1.807, 2.05) is 24.8 Å². The van der Waals surface area contributed by atoms with Gasteiger partial charge in [-0.15, -0.1) is 11.3 Å². The lowest BCUT2D eigenvalue weighted by molar-refractivity contribution is 0.0697. The molecule has 2 aromatic heterocycles. The smallest absolute Gasteiger partial charge is 0.337 e. The number of carboxylic acid groups (broad SMARTS) is 1. The molecule has 31 heavy (non-hydrogen) atoms. The summed E-state index contributed by atoms with van der Waals surface area (Å²) in [6.45, 7) is 2.20. The van der Waals surface area contributed by atoms with E-state index in [1.165, 1.54) is 11.6 Å². The van der Waals surface area contributed by atoms with Gasteiger partial charge in [0.25, 0.3) is 0 Å². The normalized spacial score (nSPS) is 13.6. The molecule has 0 radical (unpaired) electrons. The van der Waals surface area contributed by atoms with Crippen LogP contribution in [0.4, 0.5) is 0 Å². The van der Waals surface area contributed by atoms with E-state index in [-0.39, 0.29) is 16.6 Å². The van der Waals surface area contributed by atoms with Crippen LogP contribution in [0.25, 0.3) is 20.8 Å². The Morgan fingerprint density at radius 2 is 2.06 bits per heavy atom. The number of aromatic nitrogens is 3. The third-order valence-corrected chi connectivity index (χ3v) is 6.87. The Morgan fingerprint density at radius 3 is 2.68 bits per heavy atom. The topological polar surface area (TPSA) is 71.2 Å². The fraction of sp³-hybridized carbons (Fsp3) is 0.261. The number of benzene rings is 2. The highest BCUT2D eigenvalue weighted by atomic mass is 35.5. The second kappa shape index (κ2) is 8.78. The molecule has 0 fully saturated rings. The lowest BCUT2D eigenvalue weighted by Crippen LogP contribution is -2.36. The summed E-state index contributed by atoms with van der Waals surface area (Å²) in [6, 6.07) is 11.7. The second-order valence-electron chi connectivity index (χ2n) is 7.64. The first-order valence-corrected chi connectivity index (χ1v) is 11.2. The number of aromatic carboxylic acids is 1. The number of halogens is 1. The van der Waals surface area contributed by atoms with Gasteiger partial charge in [0.2, 0.25) is 0 Å². The molecule has 2 aromatic carbocycles. The highest BCUT2D eigenvalue weighted by Gasteiger charge is 2.25. The number of carbonyl (C=O) groups is 1. The molecule has 8 heteroatoms. The van der Waals surface area contributed by atoms with Crippen LogP contribution in [-0.4, -0.2) is 50.6 Å². The van der Waals surface area contributed by atoms with Crippen molar-refractivity contribution in [3.63, 3.8) is 0 Å². The lowest BCUT2D eigenvalue weighted by Gasteiger charge is -2.33. The van der Waals surface area contributed by atoms with E-state index in [0.29, 0.717) is 6.04 Å². The molecule has 1 N–H and O–H groups in total. The van der Waals surface area contributed by atoms with Crippen LogP contribution in [0.15, 0.2) is 55.1 Å². The molecule has 2 heterocycles. The van der Waals surface area contributed by atoms with Crippen molar-refractivity contribution in [2.75, 3.05) is 14.1 Å². The van der Waals surface area contributed by atoms with Crippen molar-refractivity contribution >= 4 is 39.1 Å². The molecular formula is C23H23ClN4O2S. The molecule has 0 amide bonds. The maximum Gasteiger partial charge on any atom is 0.337 e. The maximum atomic E-state index is 11.2. The quantitative estimate of drug-likeness (QED) is 0.402. The van der Waals surface area contributed by atoms with Crippen molar-refractivity contribution in [3.8, 4) is 10.6 Å². The van der Waals surface area contributed by atoms with E-state index in [0.717, 1.165) is 27.2 Å². The predicted octanol–water partition coefficient (Wildman–Crippen LogP) is 5.44. The van der Waals surface area contributed by atoms with Gasteiger partial charge in [-0.3, -0.25) is 0 Å². The summed E-state index contributed by atoms with van der Waals surface area (Å²) in [6.07, 6.45) is 6.68. The number of thiazole rings is 1. The molecule has 0 aliphatic heterocycles. The minimum absolute atomic E-state index is 0.0891.